The number of alkyl halides is 3. The zero-order valence-corrected chi connectivity index (χ0v) is 19.2. The van der Waals surface area contributed by atoms with Crippen molar-refractivity contribution in [2.24, 2.45) is 0 Å². The number of anilines is 1. The van der Waals surface area contributed by atoms with E-state index in [1.54, 1.807) is 4.90 Å². The standard InChI is InChI=1S/C25H25F3N4O3/c1-2-34-20-8-6-18(7-9-20)22-15-23(30-17-29-22)31-10-12-32(13-11-31)24(33)16-35-21-5-3-4-19(14-21)25(26,27)28/h3-9,14-15,17H,2,10-13,16H2,1H3. The maximum Gasteiger partial charge on any atom is 0.416 e. The largest absolute Gasteiger partial charge is 0.494 e. The molecule has 0 radical (unpaired) electrons. The van der Waals surface area contributed by atoms with Crippen LogP contribution in [-0.4, -0.2) is 60.2 Å². The predicted octanol–water partition coefficient (Wildman–Crippen LogP) is 4.29. The van der Waals surface area contributed by atoms with Crippen LogP contribution in [0.3, 0.4) is 0 Å². The zero-order chi connectivity index (χ0) is 24.8. The molecule has 3 aromatic rings. The van der Waals surface area contributed by atoms with Gasteiger partial charge < -0.3 is 19.3 Å². The van der Waals surface area contributed by atoms with Crippen molar-refractivity contribution in [3.8, 4) is 22.8 Å². The molecule has 4 rings (SSSR count). The number of amides is 1. The Labute approximate surface area is 201 Å². The Morgan fingerprint density at radius 3 is 2.37 bits per heavy atom. The summed E-state index contributed by atoms with van der Waals surface area (Å²) in [6.45, 7) is 4.24. The summed E-state index contributed by atoms with van der Waals surface area (Å²) in [6.07, 6.45) is -2.95. The molecule has 2 heterocycles. The molecule has 0 N–H and O–H groups in total. The zero-order valence-electron chi connectivity index (χ0n) is 19.2. The van der Waals surface area contributed by atoms with Gasteiger partial charge in [-0.2, -0.15) is 13.2 Å². The van der Waals surface area contributed by atoms with Crippen LogP contribution < -0.4 is 14.4 Å². The van der Waals surface area contributed by atoms with E-state index in [1.807, 2.05) is 37.3 Å². The second-order valence-electron chi connectivity index (χ2n) is 7.90. The van der Waals surface area contributed by atoms with E-state index in [1.165, 1.54) is 18.5 Å². The highest BCUT2D eigenvalue weighted by Crippen LogP contribution is 2.31. The van der Waals surface area contributed by atoms with Crippen LogP contribution in [0.5, 0.6) is 11.5 Å². The van der Waals surface area contributed by atoms with E-state index in [0.717, 1.165) is 35.0 Å². The van der Waals surface area contributed by atoms with Gasteiger partial charge in [0, 0.05) is 37.8 Å². The van der Waals surface area contributed by atoms with Crippen LogP contribution in [0.4, 0.5) is 19.0 Å². The molecule has 0 aliphatic carbocycles. The van der Waals surface area contributed by atoms with E-state index in [-0.39, 0.29) is 18.3 Å². The summed E-state index contributed by atoms with van der Waals surface area (Å²) < 4.78 is 49.4. The average molecular weight is 486 g/mol. The number of hydrogen-bond acceptors (Lipinski definition) is 6. The second kappa shape index (κ2) is 10.6. The van der Waals surface area contributed by atoms with Gasteiger partial charge in [0.2, 0.25) is 0 Å². The van der Waals surface area contributed by atoms with Crippen molar-refractivity contribution in [2.45, 2.75) is 13.1 Å². The fourth-order valence-electron chi connectivity index (χ4n) is 3.75. The van der Waals surface area contributed by atoms with Gasteiger partial charge in [0.25, 0.3) is 5.91 Å². The third-order valence-corrected chi connectivity index (χ3v) is 5.59. The Kier molecular flexibility index (Phi) is 7.38. The molecule has 0 bridgehead atoms. The normalized spacial score (nSPS) is 14.1. The highest BCUT2D eigenvalue weighted by atomic mass is 19.4. The van der Waals surface area contributed by atoms with Crippen molar-refractivity contribution >= 4 is 11.7 Å². The van der Waals surface area contributed by atoms with Gasteiger partial charge in [0.1, 0.15) is 23.6 Å². The molecule has 2 aromatic carbocycles. The number of nitrogens with zero attached hydrogens (tertiary/aromatic N) is 4. The summed E-state index contributed by atoms with van der Waals surface area (Å²) in [7, 11) is 0. The molecule has 184 valence electrons. The van der Waals surface area contributed by atoms with E-state index in [9.17, 15) is 18.0 Å². The van der Waals surface area contributed by atoms with Crippen molar-refractivity contribution in [1.82, 2.24) is 14.9 Å². The fourth-order valence-corrected chi connectivity index (χ4v) is 3.75. The monoisotopic (exact) mass is 486 g/mol. The first-order valence-electron chi connectivity index (χ1n) is 11.2. The highest BCUT2D eigenvalue weighted by Gasteiger charge is 2.30. The van der Waals surface area contributed by atoms with Crippen molar-refractivity contribution < 1.29 is 27.4 Å². The van der Waals surface area contributed by atoms with Crippen LogP contribution in [0.1, 0.15) is 12.5 Å². The third-order valence-electron chi connectivity index (χ3n) is 5.59. The van der Waals surface area contributed by atoms with Crippen LogP contribution in [0.25, 0.3) is 11.3 Å². The first-order chi connectivity index (χ1) is 16.8. The molecule has 1 fully saturated rings. The SMILES string of the molecule is CCOc1ccc(-c2cc(N3CCN(C(=O)COc4cccc(C(F)(F)F)c4)CC3)ncn2)cc1. The lowest BCUT2D eigenvalue weighted by Crippen LogP contribution is -2.50. The molecule has 1 aromatic heterocycles. The van der Waals surface area contributed by atoms with Gasteiger partial charge >= 0.3 is 6.18 Å². The minimum Gasteiger partial charge on any atom is -0.494 e. The second-order valence-corrected chi connectivity index (χ2v) is 7.90. The first kappa shape index (κ1) is 24.3. The lowest BCUT2D eigenvalue weighted by molar-refractivity contribution is -0.137. The third kappa shape index (κ3) is 6.20. The maximum atomic E-state index is 12.9. The van der Waals surface area contributed by atoms with E-state index >= 15 is 0 Å². The lowest BCUT2D eigenvalue weighted by atomic mass is 10.1. The van der Waals surface area contributed by atoms with Gasteiger partial charge in [0.05, 0.1) is 17.9 Å². The number of rotatable bonds is 7. The lowest BCUT2D eigenvalue weighted by Gasteiger charge is -2.35. The maximum absolute atomic E-state index is 12.9. The Balaban J connectivity index is 1.31. The van der Waals surface area contributed by atoms with Gasteiger partial charge in [-0.3, -0.25) is 4.79 Å². The number of hydrogen-bond donors (Lipinski definition) is 0. The van der Waals surface area contributed by atoms with Crippen molar-refractivity contribution in [2.75, 3.05) is 44.3 Å². The van der Waals surface area contributed by atoms with Crippen LogP contribution >= 0.6 is 0 Å². The minimum absolute atomic E-state index is 0.00890. The summed E-state index contributed by atoms with van der Waals surface area (Å²) in [5.41, 5.74) is 0.911. The fraction of sp³-hybridized carbons (Fsp3) is 0.320. The van der Waals surface area contributed by atoms with Crippen LogP contribution in [-0.2, 0) is 11.0 Å². The summed E-state index contributed by atoms with van der Waals surface area (Å²) in [5, 5.41) is 0. The quantitative estimate of drug-likeness (QED) is 0.497. The Morgan fingerprint density at radius 2 is 1.69 bits per heavy atom. The number of benzene rings is 2. The smallest absolute Gasteiger partial charge is 0.416 e. The van der Waals surface area contributed by atoms with Crippen LogP contribution in [0.15, 0.2) is 60.9 Å². The molecule has 0 unspecified atom stereocenters. The van der Waals surface area contributed by atoms with Gasteiger partial charge in [-0.05, 0) is 49.4 Å². The molecule has 10 heteroatoms. The average Bonchev–Trinajstić information content (AvgIpc) is 2.88. The first-order valence-corrected chi connectivity index (χ1v) is 11.2. The van der Waals surface area contributed by atoms with Gasteiger partial charge in [-0.25, -0.2) is 9.97 Å². The summed E-state index contributed by atoms with van der Waals surface area (Å²) >= 11 is 0. The number of carbonyl (C=O) groups is 1. The molecule has 0 saturated carbocycles. The molecular formula is C25H25F3N4O3. The highest BCUT2D eigenvalue weighted by molar-refractivity contribution is 5.78. The van der Waals surface area contributed by atoms with E-state index < -0.39 is 11.7 Å². The van der Waals surface area contributed by atoms with Crippen molar-refractivity contribution in [3.63, 3.8) is 0 Å². The van der Waals surface area contributed by atoms with Crippen LogP contribution in [0, 0.1) is 0 Å². The number of ether oxygens (including phenoxy) is 2. The summed E-state index contributed by atoms with van der Waals surface area (Å²) in [6, 6.07) is 14.1. The summed E-state index contributed by atoms with van der Waals surface area (Å²) in [5.74, 6) is 1.29. The molecule has 0 spiro atoms. The van der Waals surface area contributed by atoms with Crippen molar-refractivity contribution in [3.05, 3.63) is 66.5 Å². The Morgan fingerprint density at radius 1 is 0.943 bits per heavy atom. The van der Waals surface area contributed by atoms with E-state index in [2.05, 4.69) is 14.9 Å². The topological polar surface area (TPSA) is 67.8 Å². The van der Waals surface area contributed by atoms with E-state index in [0.29, 0.717) is 32.8 Å². The Bertz CT molecular complexity index is 1150. The van der Waals surface area contributed by atoms with Gasteiger partial charge in [-0.1, -0.05) is 6.07 Å². The molecule has 0 atom stereocenters. The van der Waals surface area contributed by atoms with Gasteiger partial charge in [-0.15, -0.1) is 0 Å². The predicted molar refractivity (Wildman–Crippen MR) is 124 cm³/mol. The minimum atomic E-state index is -4.46. The Hall–Kier alpha value is -3.82. The number of halogens is 3. The van der Waals surface area contributed by atoms with Crippen LogP contribution in [0.2, 0.25) is 0 Å². The molecule has 7 nitrogen and oxygen atoms in total. The molecule has 1 aliphatic heterocycles. The molecule has 1 amide bonds. The van der Waals surface area contributed by atoms with Gasteiger partial charge in [0.15, 0.2) is 6.61 Å². The van der Waals surface area contributed by atoms with Crippen molar-refractivity contribution in [1.29, 1.82) is 0 Å². The number of piperazine rings is 1. The summed E-state index contributed by atoms with van der Waals surface area (Å²) in [4.78, 5) is 25.0. The molecule has 35 heavy (non-hydrogen) atoms. The molecule has 1 aliphatic rings. The van der Waals surface area contributed by atoms with E-state index in [4.69, 9.17) is 9.47 Å². The number of carbonyl (C=O) groups excluding carboxylic acids is 1. The molecule has 1 saturated heterocycles. The molecular weight excluding hydrogens is 461 g/mol. The number of aromatic nitrogens is 2.